The predicted octanol–water partition coefficient (Wildman–Crippen LogP) is 2.34. The van der Waals surface area contributed by atoms with Gasteiger partial charge in [-0.3, -0.25) is 9.59 Å². The topological polar surface area (TPSA) is 61.8 Å². The summed E-state index contributed by atoms with van der Waals surface area (Å²) < 4.78 is 14.8. The molecule has 19 heavy (non-hydrogen) atoms. The summed E-state index contributed by atoms with van der Waals surface area (Å²) in [5, 5.41) is 0.759. The normalized spacial score (nSPS) is 9.58. The molecule has 0 fully saturated rings. The lowest BCUT2D eigenvalue weighted by atomic mass is 10.3. The Hall–Kier alpha value is -1.08. The molecule has 0 unspecified atom stereocenters. The van der Waals surface area contributed by atoms with Gasteiger partial charge in [0.25, 0.3) is 0 Å². The zero-order valence-corrected chi connectivity index (χ0v) is 12.7. The van der Waals surface area contributed by atoms with E-state index in [2.05, 4.69) is 0 Å². The molecule has 0 rings (SSSR count). The zero-order valence-electron chi connectivity index (χ0n) is 11.1. The van der Waals surface area contributed by atoms with Crippen molar-refractivity contribution in [2.45, 2.75) is 39.5 Å². The largest absolute Gasteiger partial charge is 0.466 e. The number of carbonyl (C=O) groups excluding carboxylic acids is 2. The molecule has 5 nitrogen and oxygen atoms in total. The molecule has 0 heterocycles. The van der Waals surface area contributed by atoms with Crippen LogP contribution >= 0.6 is 24.4 Å². The number of esters is 2. The number of hydrogen-bond donors (Lipinski definition) is 0. The van der Waals surface area contributed by atoms with Crippen molar-refractivity contribution < 1.29 is 23.8 Å². The van der Waals surface area contributed by atoms with Crippen molar-refractivity contribution in [3.05, 3.63) is 0 Å². The van der Waals surface area contributed by atoms with E-state index in [1.165, 1.54) is 13.8 Å². The van der Waals surface area contributed by atoms with E-state index in [4.69, 9.17) is 38.6 Å². The van der Waals surface area contributed by atoms with Gasteiger partial charge in [0.2, 0.25) is 0 Å². The SMILES string of the molecule is CC(=O)OCCCC(=S)OC(=S)CCCOC(C)=O. The molecule has 0 N–H and O–H groups in total. The fourth-order valence-corrected chi connectivity index (χ4v) is 1.64. The number of hydrogen-bond acceptors (Lipinski definition) is 7. The number of rotatable bonds is 8. The van der Waals surface area contributed by atoms with E-state index in [9.17, 15) is 9.59 Å². The van der Waals surface area contributed by atoms with E-state index in [-0.39, 0.29) is 11.9 Å². The molecule has 108 valence electrons. The molecule has 0 radical (unpaired) electrons. The molecule has 0 aromatic heterocycles. The molecule has 0 amide bonds. The highest BCUT2D eigenvalue weighted by atomic mass is 32.1. The maximum absolute atomic E-state index is 10.5. The second-order valence-electron chi connectivity index (χ2n) is 3.73. The molecule has 7 heteroatoms. The summed E-state index contributed by atoms with van der Waals surface area (Å²) in [4.78, 5) is 21.0. The molecule has 0 aromatic carbocycles. The Labute approximate surface area is 123 Å². The predicted molar refractivity (Wildman–Crippen MR) is 78.0 cm³/mol. The molecular formula is C12H18O5S2. The van der Waals surface area contributed by atoms with Crippen molar-refractivity contribution in [1.29, 1.82) is 0 Å². The molecule has 0 aliphatic rings. The molecule has 0 spiro atoms. The fourth-order valence-electron chi connectivity index (χ4n) is 1.09. The minimum atomic E-state index is -0.312. The quantitative estimate of drug-likeness (QED) is 0.387. The summed E-state index contributed by atoms with van der Waals surface area (Å²) in [6.07, 6.45) is 2.22. The summed E-state index contributed by atoms with van der Waals surface area (Å²) in [6.45, 7) is 3.34. The van der Waals surface area contributed by atoms with E-state index in [0.717, 1.165) is 0 Å². The van der Waals surface area contributed by atoms with Crippen LogP contribution in [0.4, 0.5) is 0 Å². The van der Waals surface area contributed by atoms with Crippen LogP contribution in [0.3, 0.4) is 0 Å². The fraction of sp³-hybridized carbons (Fsp3) is 0.667. The first-order chi connectivity index (χ1) is 8.91. The highest BCUT2D eigenvalue weighted by Gasteiger charge is 2.04. The molecule has 0 aliphatic heterocycles. The Bertz CT molecular complexity index is 309. The Morgan fingerprint density at radius 3 is 1.53 bits per heavy atom. The van der Waals surface area contributed by atoms with Crippen LogP contribution in [0.5, 0.6) is 0 Å². The lowest BCUT2D eigenvalue weighted by Crippen LogP contribution is -2.11. The van der Waals surface area contributed by atoms with Crippen LogP contribution in [0.2, 0.25) is 0 Å². The van der Waals surface area contributed by atoms with Gasteiger partial charge in [-0.05, 0) is 37.3 Å². The second-order valence-corrected chi connectivity index (χ2v) is 4.64. The molecule has 0 atom stereocenters. The smallest absolute Gasteiger partial charge is 0.302 e. The van der Waals surface area contributed by atoms with Gasteiger partial charge in [-0.2, -0.15) is 0 Å². The summed E-state index contributed by atoms with van der Waals surface area (Å²) in [7, 11) is 0. The van der Waals surface area contributed by atoms with Crippen molar-refractivity contribution >= 4 is 46.5 Å². The number of ether oxygens (including phenoxy) is 3. The molecule has 0 saturated carbocycles. The minimum Gasteiger partial charge on any atom is -0.466 e. The average molecular weight is 306 g/mol. The highest BCUT2D eigenvalue weighted by molar-refractivity contribution is 7.81. The third-order valence-electron chi connectivity index (χ3n) is 1.89. The van der Waals surface area contributed by atoms with Gasteiger partial charge in [-0.15, -0.1) is 0 Å². The van der Waals surface area contributed by atoms with Gasteiger partial charge in [0.1, 0.15) is 0 Å². The van der Waals surface area contributed by atoms with Crippen LogP contribution in [-0.2, 0) is 23.8 Å². The van der Waals surface area contributed by atoms with Crippen molar-refractivity contribution in [3.63, 3.8) is 0 Å². The molecule has 0 aromatic rings. The number of carbonyl (C=O) groups is 2. The molecule has 0 saturated heterocycles. The summed E-state index contributed by atoms with van der Waals surface area (Å²) >= 11 is 9.99. The van der Waals surface area contributed by atoms with Crippen LogP contribution in [0, 0.1) is 0 Å². The van der Waals surface area contributed by atoms with E-state index in [1.54, 1.807) is 0 Å². The van der Waals surface area contributed by atoms with Gasteiger partial charge >= 0.3 is 11.9 Å². The standard InChI is InChI=1S/C12H18O5S2/c1-9(13)15-7-3-5-11(18)17-12(19)6-4-8-16-10(2)14/h3-8H2,1-2H3. The lowest BCUT2D eigenvalue weighted by Gasteiger charge is -2.08. The monoisotopic (exact) mass is 306 g/mol. The lowest BCUT2D eigenvalue weighted by molar-refractivity contribution is -0.141. The van der Waals surface area contributed by atoms with Crippen LogP contribution < -0.4 is 0 Å². The van der Waals surface area contributed by atoms with Crippen molar-refractivity contribution in [2.24, 2.45) is 0 Å². The van der Waals surface area contributed by atoms with Gasteiger partial charge in [0, 0.05) is 26.7 Å². The van der Waals surface area contributed by atoms with Crippen LogP contribution in [0.15, 0.2) is 0 Å². The maximum Gasteiger partial charge on any atom is 0.302 e. The summed E-state index contributed by atoms with van der Waals surface area (Å²) in [6, 6.07) is 0. The highest BCUT2D eigenvalue weighted by Crippen LogP contribution is 2.02. The van der Waals surface area contributed by atoms with E-state index >= 15 is 0 Å². The third-order valence-corrected chi connectivity index (χ3v) is 2.46. The van der Waals surface area contributed by atoms with Crippen molar-refractivity contribution in [3.8, 4) is 0 Å². The average Bonchev–Trinajstić information content (AvgIpc) is 2.30. The Balaban J connectivity index is 3.55. The minimum absolute atomic E-state index is 0.312. The van der Waals surface area contributed by atoms with Crippen molar-refractivity contribution in [2.75, 3.05) is 13.2 Å². The van der Waals surface area contributed by atoms with Crippen LogP contribution in [0.25, 0.3) is 0 Å². The van der Waals surface area contributed by atoms with Crippen molar-refractivity contribution in [1.82, 2.24) is 0 Å². The van der Waals surface area contributed by atoms with Crippen LogP contribution in [-0.4, -0.2) is 35.3 Å². The first-order valence-electron chi connectivity index (χ1n) is 5.92. The van der Waals surface area contributed by atoms with Crippen LogP contribution in [0.1, 0.15) is 39.5 Å². The Morgan fingerprint density at radius 2 is 1.21 bits per heavy atom. The first kappa shape index (κ1) is 17.9. The second kappa shape index (κ2) is 10.8. The molecule has 0 bridgehead atoms. The maximum atomic E-state index is 10.5. The molecular weight excluding hydrogens is 288 g/mol. The summed E-state index contributed by atoms with van der Waals surface area (Å²) in [5.41, 5.74) is 0. The Morgan fingerprint density at radius 1 is 0.842 bits per heavy atom. The van der Waals surface area contributed by atoms with Gasteiger partial charge in [-0.25, -0.2) is 0 Å². The first-order valence-corrected chi connectivity index (χ1v) is 6.73. The van der Waals surface area contributed by atoms with E-state index in [0.29, 0.717) is 49.0 Å². The van der Waals surface area contributed by atoms with Gasteiger partial charge < -0.3 is 14.2 Å². The third kappa shape index (κ3) is 13.2. The van der Waals surface area contributed by atoms with E-state index in [1.807, 2.05) is 0 Å². The summed E-state index contributed by atoms with van der Waals surface area (Å²) in [5.74, 6) is -0.624. The van der Waals surface area contributed by atoms with E-state index < -0.39 is 0 Å². The zero-order chi connectivity index (χ0) is 14.7. The van der Waals surface area contributed by atoms with Gasteiger partial charge in [0.15, 0.2) is 10.1 Å². The number of thiocarbonyl (C=S) groups is 2. The Kier molecular flexibility index (Phi) is 10.2. The van der Waals surface area contributed by atoms with Gasteiger partial charge in [-0.1, -0.05) is 0 Å². The van der Waals surface area contributed by atoms with Gasteiger partial charge in [0.05, 0.1) is 13.2 Å². The molecule has 0 aliphatic carbocycles.